The molecule has 3 aromatic rings. The summed E-state index contributed by atoms with van der Waals surface area (Å²) in [7, 11) is 0. The lowest BCUT2D eigenvalue weighted by molar-refractivity contribution is -0.141. The molecular weight excluding hydrogens is 380 g/mol. The Kier molecular flexibility index (Phi) is 5.21. The number of anilines is 1. The Morgan fingerprint density at radius 3 is 2.50 bits per heavy atom. The number of aryl methyl sites for hydroxylation is 1. The van der Waals surface area contributed by atoms with Crippen LogP contribution in [0.25, 0.3) is 0 Å². The molecule has 3 aromatic heterocycles. The van der Waals surface area contributed by atoms with E-state index in [9.17, 15) is 22.4 Å². The van der Waals surface area contributed by atoms with E-state index in [0.29, 0.717) is 5.69 Å². The first-order chi connectivity index (χ1) is 13.2. The average Bonchev–Trinajstić information content (AvgIpc) is 2.61. The lowest BCUT2D eigenvalue weighted by Gasteiger charge is -2.10. The molecule has 1 N–H and O–H groups in total. The lowest BCUT2D eigenvalue weighted by atomic mass is 10.2. The number of halogens is 4. The van der Waals surface area contributed by atoms with Crippen molar-refractivity contribution in [3.05, 3.63) is 71.7 Å². The summed E-state index contributed by atoms with van der Waals surface area (Å²) >= 11 is 0. The summed E-state index contributed by atoms with van der Waals surface area (Å²) < 4.78 is 56.3. The molecule has 0 aliphatic rings. The molecule has 1 amide bonds. The van der Waals surface area contributed by atoms with Gasteiger partial charge in [-0.1, -0.05) is 0 Å². The van der Waals surface area contributed by atoms with Gasteiger partial charge in [0, 0.05) is 30.1 Å². The fourth-order valence-corrected chi connectivity index (χ4v) is 2.21. The van der Waals surface area contributed by atoms with Gasteiger partial charge in [0.2, 0.25) is 0 Å². The van der Waals surface area contributed by atoms with E-state index in [4.69, 9.17) is 4.74 Å². The number of amides is 1. The first-order valence-corrected chi connectivity index (χ1v) is 7.83. The average molecular weight is 392 g/mol. The van der Waals surface area contributed by atoms with Gasteiger partial charge in [-0.05, 0) is 25.1 Å². The standard InChI is InChI=1S/C18H12F4N4O2/c1-10-6-13(28-12-2-3-15(24-9-12)18(20,21)22)8-14(25-10)17(27)26-16-7-11(19)4-5-23-16/h2-9H,1H3,(H,23,26,27). The molecule has 28 heavy (non-hydrogen) atoms. The van der Waals surface area contributed by atoms with Crippen LogP contribution in [0, 0.1) is 12.7 Å². The molecule has 0 bridgehead atoms. The van der Waals surface area contributed by atoms with Crippen LogP contribution in [0.2, 0.25) is 0 Å². The van der Waals surface area contributed by atoms with E-state index in [1.807, 2.05) is 0 Å². The van der Waals surface area contributed by atoms with E-state index in [1.165, 1.54) is 18.3 Å². The first kappa shape index (κ1) is 19.2. The highest BCUT2D eigenvalue weighted by Crippen LogP contribution is 2.29. The van der Waals surface area contributed by atoms with Crippen molar-refractivity contribution in [2.75, 3.05) is 5.32 Å². The first-order valence-electron chi connectivity index (χ1n) is 7.83. The number of carbonyl (C=O) groups excluding carboxylic acids is 1. The van der Waals surface area contributed by atoms with Crippen molar-refractivity contribution in [2.24, 2.45) is 0 Å². The van der Waals surface area contributed by atoms with Crippen LogP contribution in [0.1, 0.15) is 21.9 Å². The Morgan fingerprint density at radius 1 is 1.07 bits per heavy atom. The van der Waals surface area contributed by atoms with Crippen LogP contribution in [0.3, 0.4) is 0 Å². The Bertz CT molecular complexity index is 1010. The molecule has 0 atom stereocenters. The van der Waals surface area contributed by atoms with Crippen molar-refractivity contribution in [3.8, 4) is 11.5 Å². The summed E-state index contributed by atoms with van der Waals surface area (Å²) in [5.74, 6) is -0.996. The summed E-state index contributed by atoms with van der Waals surface area (Å²) in [6, 6.07) is 6.85. The minimum Gasteiger partial charge on any atom is -0.456 e. The molecule has 0 fully saturated rings. The van der Waals surface area contributed by atoms with Gasteiger partial charge in [-0.3, -0.25) is 4.79 Å². The van der Waals surface area contributed by atoms with Gasteiger partial charge in [0.05, 0.1) is 6.20 Å². The van der Waals surface area contributed by atoms with E-state index in [0.717, 1.165) is 30.5 Å². The molecule has 0 spiro atoms. The molecule has 0 unspecified atom stereocenters. The second-order valence-corrected chi connectivity index (χ2v) is 5.62. The van der Waals surface area contributed by atoms with Crippen LogP contribution in [0.5, 0.6) is 11.5 Å². The van der Waals surface area contributed by atoms with Crippen LogP contribution in [0.15, 0.2) is 48.8 Å². The van der Waals surface area contributed by atoms with E-state index in [1.54, 1.807) is 6.92 Å². The van der Waals surface area contributed by atoms with Crippen molar-refractivity contribution in [2.45, 2.75) is 13.1 Å². The number of pyridine rings is 3. The van der Waals surface area contributed by atoms with Crippen LogP contribution < -0.4 is 10.1 Å². The summed E-state index contributed by atoms with van der Waals surface area (Å²) in [6.45, 7) is 1.61. The van der Waals surface area contributed by atoms with Gasteiger partial charge >= 0.3 is 6.18 Å². The Hall–Kier alpha value is -3.56. The fourth-order valence-electron chi connectivity index (χ4n) is 2.21. The lowest BCUT2D eigenvalue weighted by Crippen LogP contribution is -2.15. The summed E-state index contributed by atoms with van der Waals surface area (Å²) in [4.78, 5) is 23.5. The summed E-state index contributed by atoms with van der Waals surface area (Å²) in [5, 5.41) is 2.40. The number of hydrogen-bond acceptors (Lipinski definition) is 5. The van der Waals surface area contributed by atoms with Gasteiger partial charge in [0.1, 0.15) is 34.5 Å². The van der Waals surface area contributed by atoms with E-state index < -0.39 is 23.6 Å². The molecule has 6 nitrogen and oxygen atoms in total. The number of ether oxygens (including phenoxy) is 1. The third-order valence-corrected chi connectivity index (χ3v) is 3.39. The Labute approximate surface area is 156 Å². The van der Waals surface area contributed by atoms with Crippen LogP contribution >= 0.6 is 0 Å². The third-order valence-electron chi connectivity index (χ3n) is 3.39. The highest BCUT2D eigenvalue weighted by molar-refractivity contribution is 6.02. The van der Waals surface area contributed by atoms with E-state index in [2.05, 4.69) is 20.3 Å². The Morgan fingerprint density at radius 2 is 1.86 bits per heavy atom. The minimum atomic E-state index is -4.55. The maximum Gasteiger partial charge on any atom is 0.433 e. The molecule has 0 aromatic carbocycles. The highest BCUT2D eigenvalue weighted by Gasteiger charge is 2.32. The number of alkyl halides is 3. The molecular formula is C18H12F4N4O2. The molecule has 0 aliphatic heterocycles. The molecule has 0 saturated carbocycles. The van der Waals surface area contributed by atoms with Gasteiger partial charge in [-0.15, -0.1) is 0 Å². The number of hydrogen-bond donors (Lipinski definition) is 1. The summed E-state index contributed by atoms with van der Waals surface area (Å²) in [5.41, 5.74) is -0.663. The van der Waals surface area contributed by atoms with E-state index >= 15 is 0 Å². The number of rotatable bonds is 4. The van der Waals surface area contributed by atoms with Gasteiger partial charge in [0.15, 0.2) is 0 Å². The molecule has 0 aliphatic carbocycles. The SMILES string of the molecule is Cc1cc(Oc2ccc(C(F)(F)F)nc2)cc(C(=O)Nc2cc(F)ccn2)n1. The molecule has 3 heterocycles. The maximum absolute atomic E-state index is 13.2. The van der Waals surface area contributed by atoms with Crippen molar-refractivity contribution in [3.63, 3.8) is 0 Å². The minimum absolute atomic E-state index is 0.00251. The third kappa shape index (κ3) is 4.78. The van der Waals surface area contributed by atoms with Gasteiger partial charge in [-0.2, -0.15) is 13.2 Å². The fraction of sp³-hybridized carbons (Fsp3) is 0.111. The topological polar surface area (TPSA) is 77.0 Å². The van der Waals surface area contributed by atoms with Gasteiger partial charge < -0.3 is 10.1 Å². The largest absolute Gasteiger partial charge is 0.456 e. The predicted octanol–water partition coefficient (Wildman–Crippen LogP) is 4.38. The molecule has 0 saturated heterocycles. The number of nitrogens with zero attached hydrogens (tertiary/aromatic N) is 3. The van der Waals surface area contributed by atoms with Crippen molar-refractivity contribution >= 4 is 11.7 Å². The van der Waals surface area contributed by atoms with Crippen LogP contribution in [-0.4, -0.2) is 20.9 Å². The molecule has 3 rings (SSSR count). The molecule has 144 valence electrons. The van der Waals surface area contributed by atoms with Crippen molar-refractivity contribution in [1.29, 1.82) is 0 Å². The van der Waals surface area contributed by atoms with Crippen molar-refractivity contribution in [1.82, 2.24) is 15.0 Å². The number of carbonyl (C=O) groups is 1. The van der Waals surface area contributed by atoms with Crippen molar-refractivity contribution < 1.29 is 27.1 Å². The number of nitrogens with one attached hydrogen (secondary N) is 1. The monoisotopic (exact) mass is 392 g/mol. The zero-order chi connectivity index (χ0) is 20.3. The maximum atomic E-state index is 13.2. The van der Waals surface area contributed by atoms with Gasteiger partial charge in [-0.25, -0.2) is 19.3 Å². The highest BCUT2D eigenvalue weighted by atomic mass is 19.4. The van der Waals surface area contributed by atoms with Crippen LogP contribution in [0.4, 0.5) is 23.4 Å². The normalized spacial score (nSPS) is 11.2. The zero-order valence-corrected chi connectivity index (χ0v) is 14.3. The molecule has 0 radical (unpaired) electrons. The predicted molar refractivity (Wildman–Crippen MR) is 90.4 cm³/mol. The Balaban J connectivity index is 1.78. The molecule has 10 heteroatoms. The van der Waals surface area contributed by atoms with Crippen LogP contribution in [-0.2, 0) is 6.18 Å². The smallest absolute Gasteiger partial charge is 0.433 e. The summed E-state index contributed by atoms with van der Waals surface area (Å²) in [6.07, 6.45) is -2.43. The second-order valence-electron chi connectivity index (χ2n) is 5.62. The quantitative estimate of drug-likeness (QED) is 0.667. The number of aromatic nitrogens is 3. The second kappa shape index (κ2) is 7.59. The van der Waals surface area contributed by atoms with Gasteiger partial charge in [0.25, 0.3) is 5.91 Å². The van der Waals surface area contributed by atoms with E-state index in [-0.39, 0.29) is 23.0 Å². The zero-order valence-electron chi connectivity index (χ0n) is 14.3.